The number of halogens is 2. The summed E-state index contributed by atoms with van der Waals surface area (Å²) in [6, 6.07) is 0.387. The van der Waals surface area contributed by atoms with E-state index in [1.165, 1.54) is 0 Å². The van der Waals surface area contributed by atoms with Crippen molar-refractivity contribution < 1.29 is 4.74 Å². The van der Waals surface area contributed by atoms with Crippen molar-refractivity contribution >= 4 is 29.0 Å². The molecule has 0 aromatic carbocycles. The van der Waals surface area contributed by atoms with E-state index in [1.807, 2.05) is 0 Å². The van der Waals surface area contributed by atoms with E-state index in [1.54, 1.807) is 6.20 Å². The highest BCUT2D eigenvalue weighted by Crippen LogP contribution is 2.35. The molecule has 0 unspecified atom stereocenters. The van der Waals surface area contributed by atoms with Gasteiger partial charge in [0.15, 0.2) is 5.82 Å². The Hall–Kier alpha value is -0.580. The molecule has 2 aliphatic heterocycles. The van der Waals surface area contributed by atoms with Crippen LogP contribution in [-0.4, -0.2) is 35.3 Å². The Bertz CT molecular complexity index is 401. The molecule has 80 valence electrons. The van der Waals surface area contributed by atoms with Crippen LogP contribution in [-0.2, 0) is 4.74 Å². The zero-order valence-corrected chi connectivity index (χ0v) is 9.37. The van der Waals surface area contributed by atoms with Crippen LogP contribution in [0.25, 0.3) is 0 Å². The number of fused-ring (bicyclic) bond motifs is 2. The summed E-state index contributed by atoms with van der Waals surface area (Å²) >= 11 is 11.8. The molecule has 0 aliphatic carbocycles. The lowest BCUT2D eigenvalue weighted by Crippen LogP contribution is -2.37. The molecular weight excluding hydrogens is 237 g/mol. The molecule has 2 fully saturated rings. The van der Waals surface area contributed by atoms with E-state index in [0.29, 0.717) is 17.2 Å². The van der Waals surface area contributed by atoms with E-state index in [-0.39, 0.29) is 5.28 Å². The molecule has 2 atom stereocenters. The second kappa shape index (κ2) is 3.47. The molecule has 0 amide bonds. The molecule has 1 aromatic heterocycles. The quantitative estimate of drug-likeness (QED) is 0.707. The van der Waals surface area contributed by atoms with Crippen LogP contribution in [0.15, 0.2) is 6.20 Å². The maximum atomic E-state index is 6.05. The Morgan fingerprint density at radius 3 is 3.00 bits per heavy atom. The summed E-state index contributed by atoms with van der Waals surface area (Å²) in [5, 5.41) is 0.782. The van der Waals surface area contributed by atoms with Crippen molar-refractivity contribution in [2.45, 2.75) is 18.6 Å². The molecule has 0 saturated carbocycles. The van der Waals surface area contributed by atoms with Gasteiger partial charge in [0.25, 0.3) is 0 Å². The Kier molecular flexibility index (Phi) is 2.23. The summed E-state index contributed by atoms with van der Waals surface area (Å²) in [5.74, 6) is 0.729. The predicted molar refractivity (Wildman–Crippen MR) is 57.5 cm³/mol. The molecule has 6 heteroatoms. The van der Waals surface area contributed by atoms with Crippen LogP contribution in [0.1, 0.15) is 6.42 Å². The van der Waals surface area contributed by atoms with Crippen molar-refractivity contribution in [3.05, 3.63) is 16.5 Å². The van der Waals surface area contributed by atoms with Crippen molar-refractivity contribution in [2.24, 2.45) is 0 Å². The minimum atomic E-state index is 0.234. The molecule has 15 heavy (non-hydrogen) atoms. The maximum Gasteiger partial charge on any atom is 0.224 e. The zero-order valence-electron chi connectivity index (χ0n) is 7.86. The van der Waals surface area contributed by atoms with Gasteiger partial charge in [-0.15, -0.1) is 0 Å². The van der Waals surface area contributed by atoms with Gasteiger partial charge in [-0.1, -0.05) is 11.6 Å². The van der Waals surface area contributed by atoms with Gasteiger partial charge in [0, 0.05) is 6.54 Å². The molecule has 3 rings (SSSR count). The average molecular weight is 246 g/mol. The van der Waals surface area contributed by atoms with Gasteiger partial charge in [0.05, 0.1) is 24.9 Å². The third-order valence-electron chi connectivity index (χ3n) is 2.87. The van der Waals surface area contributed by atoms with Crippen LogP contribution in [0.4, 0.5) is 5.82 Å². The van der Waals surface area contributed by atoms with E-state index in [4.69, 9.17) is 27.9 Å². The number of anilines is 1. The summed E-state index contributed by atoms with van der Waals surface area (Å²) in [5.41, 5.74) is 0. The fourth-order valence-electron chi connectivity index (χ4n) is 2.20. The number of ether oxygens (including phenoxy) is 1. The van der Waals surface area contributed by atoms with Gasteiger partial charge < -0.3 is 9.64 Å². The monoisotopic (exact) mass is 245 g/mol. The van der Waals surface area contributed by atoms with Gasteiger partial charge in [0.1, 0.15) is 5.02 Å². The molecule has 2 bridgehead atoms. The predicted octanol–water partition coefficient (Wildman–Crippen LogP) is 1.76. The van der Waals surface area contributed by atoms with Crippen LogP contribution in [0, 0.1) is 0 Å². The minimum absolute atomic E-state index is 0.234. The third kappa shape index (κ3) is 1.57. The summed E-state index contributed by atoms with van der Waals surface area (Å²) in [7, 11) is 0. The third-order valence-corrected chi connectivity index (χ3v) is 3.32. The molecule has 4 nitrogen and oxygen atoms in total. The summed E-state index contributed by atoms with van der Waals surface area (Å²) < 4.78 is 5.51. The lowest BCUT2D eigenvalue weighted by atomic mass is 10.2. The zero-order chi connectivity index (χ0) is 10.4. The van der Waals surface area contributed by atoms with Crippen molar-refractivity contribution in [1.82, 2.24) is 9.97 Å². The molecule has 0 N–H and O–H groups in total. The molecular formula is C9H9Cl2N3O. The number of nitrogens with zero attached hydrogens (tertiary/aromatic N) is 3. The Balaban J connectivity index is 1.96. The standard InChI is InChI=1S/C9H9Cl2N3O/c10-7-2-12-9(11)13-8(7)14-3-6-1-5(14)4-15-6/h2,5-6H,1,3-4H2/t5-,6-/m0/s1. The number of hydrogen-bond donors (Lipinski definition) is 0. The highest BCUT2D eigenvalue weighted by molar-refractivity contribution is 6.33. The topological polar surface area (TPSA) is 38.2 Å². The lowest BCUT2D eigenvalue weighted by Gasteiger charge is -2.28. The Labute approximate surface area is 97.2 Å². The summed E-state index contributed by atoms with van der Waals surface area (Å²) in [6.45, 7) is 1.60. The number of rotatable bonds is 1. The minimum Gasteiger partial charge on any atom is -0.374 e. The Morgan fingerprint density at radius 2 is 2.33 bits per heavy atom. The highest BCUT2D eigenvalue weighted by Gasteiger charge is 2.40. The molecule has 3 heterocycles. The van der Waals surface area contributed by atoms with Gasteiger partial charge in [-0.3, -0.25) is 0 Å². The molecule has 2 aliphatic rings. The Morgan fingerprint density at radius 1 is 1.47 bits per heavy atom. The van der Waals surface area contributed by atoms with Crippen LogP contribution < -0.4 is 4.90 Å². The first-order valence-electron chi connectivity index (χ1n) is 4.80. The fourth-order valence-corrected chi connectivity index (χ4v) is 2.53. The van der Waals surface area contributed by atoms with Gasteiger partial charge >= 0.3 is 0 Å². The van der Waals surface area contributed by atoms with E-state index in [0.717, 1.165) is 25.4 Å². The van der Waals surface area contributed by atoms with Crippen LogP contribution in [0.2, 0.25) is 10.3 Å². The highest BCUT2D eigenvalue weighted by atomic mass is 35.5. The first kappa shape index (κ1) is 9.63. The van der Waals surface area contributed by atoms with E-state index < -0.39 is 0 Å². The van der Waals surface area contributed by atoms with Crippen LogP contribution in [0.5, 0.6) is 0 Å². The van der Waals surface area contributed by atoms with Crippen LogP contribution in [0.3, 0.4) is 0 Å². The lowest BCUT2D eigenvalue weighted by molar-refractivity contribution is 0.0989. The first-order chi connectivity index (χ1) is 7.24. The summed E-state index contributed by atoms with van der Waals surface area (Å²) in [4.78, 5) is 10.2. The SMILES string of the molecule is Clc1ncc(Cl)c(N2C[C@@H]3C[C@H]2CO3)n1. The van der Waals surface area contributed by atoms with Gasteiger partial charge in [-0.25, -0.2) is 4.98 Å². The number of aromatic nitrogens is 2. The smallest absolute Gasteiger partial charge is 0.224 e. The van der Waals surface area contributed by atoms with E-state index in [2.05, 4.69) is 14.9 Å². The summed E-state index contributed by atoms with van der Waals surface area (Å²) in [6.07, 6.45) is 2.91. The maximum absolute atomic E-state index is 6.05. The normalized spacial score (nSPS) is 28.8. The van der Waals surface area contributed by atoms with Gasteiger partial charge in [-0.2, -0.15) is 4.98 Å². The largest absolute Gasteiger partial charge is 0.374 e. The van der Waals surface area contributed by atoms with E-state index >= 15 is 0 Å². The van der Waals surface area contributed by atoms with E-state index in [9.17, 15) is 0 Å². The van der Waals surface area contributed by atoms with Crippen LogP contribution >= 0.6 is 23.2 Å². The van der Waals surface area contributed by atoms with Crippen molar-refractivity contribution in [1.29, 1.82) is 0 Å². The molecule has 2 saturated heterocycles. The second-order valence-corrected chi connectivity index (χ2v) is 4.55. The van der Waals surface area contributed by atoms with Crippen molar-refractivity contribution in [2.75, 3.05) is 18.1 Å². The second-order valence-electron chi connectivity index (χ2n) is 3.81. The van der Waals surface area contributed by atoms with Gasteiger partial charge in [0.2, 0.25) is 5.28 Å². The van der Waals surface area contributed by atoms with Gasteiger partial charge in [-0.05, 0) is 18.0 Å². The molecule has 0 radical (unpaired) electrons. The molecule has 1 aromatic rings. The molecule has 0 spiro atoms. The first-order valence-corrected chi connectivity index (χ1v) is 5.56. The fraction of sp³-hybridized carbons (Fsp3) is 0.556. The van der Waals surface area contributed by atoms with Crippen molar-refractivity contribution in [3.63, 3.8) is 0 Å². The van der Waals surface area contributed by atoms with Crippen molar-refractivity contribution in [3.8, 4) is 0 Å². The number of morpholine rings is 1. The average Bonchev–Trinajstić information content (AvgIpc) is 2.83. The number of hydrogen-bond acceptors (Lipinski definition) is 4.